The van der Waals surface area contributed by atoms with E-state index >= 15 is 0 Å². The maximum atomic E-state index is 12.3. The Morgan fingerprint density at radius 1 is 1.30 bits per heavy atom. The van der Waals surface area contributed by atoms with Crippen LogP contribution in [-0.4, -0.2) is 30.1 Å². The van der Waals surface area contributed by atoms with Gasteiger partial charge in [0.1, 0.15) is 11.5 Å². The van der Waals surface area contributed by atoms with Crippen LogP contribution in [0.25, 0.3) is 0 Å². The number of aromatic nitrogens is 1. The summed E-state index contributed by atoms with van der Waals surface area (Å²) in [6.07, 6.45) is 0.622. The third-order valence-electron chi connectivity index (χ3n) is 3.34. The summed E-state index contributed by atoms with van der Waals surface area (Å²) in [5, 5.41) is 6.69. The van der Waals surface area contributed by atoms with Crippen LogP contribution < -0.4 is 15.8 Å². The van der Waals surface area contributed by atoms with Crippen molar-refractivity contribution in [2.45, 2.75) is 20.3 Å². The highest BCUT2D eigenvalue weighted by molar-refractivity contribution is 5.97. The van der Waals surface area contributed by atoms with E-state index in [1.165, 1.54) is 0 Å². The van der Waals surface area contributed by atoms with Crippen LogP contribution in [-0.2, 0) is 11.2 Å². The van der Waals surface area contributed by atoms with E-state index in [9.17, 15) is 9.59 Å². The summed E-state index contributed by atoms with van der Waals surface area (Å²) in [4.78, 5) is 23.1. The maximum Gasteiger partial charge on any atom is 0.255 e. The van der Waals surface area contributed by atoms with Gasteiger partial charge in [0, 0.05) is 12.1 Å². The van der Waals surface area contributed by atoms with Gasteiger partial charge in [-0.2, -0.15) is 0 Å². The van der Waals surface area contributed by atoms with Gasteiger partial charge in [-0.1, -0.05) is 17.3 Å². The summed E-state index contributed by atoms with van der Waals surface area (Å²) in [6.45, 7) is 3.86. The summed E-state index contributed by atoms with van der Waals surface area (Å²) < 4.78 is 10.3. The summed E-state index contributed by atoms with van der Waals surface area (Å²) in [5.74, 6) is 0.193. The molecule has 2 aromatic rings. The number of carbonyl (C=O) groups is 2. The predicted octanol–water partition coefficient (Wildman–Crippen LogP) is 1.13. The smallest absolute Gasteiger partial charge is 0.255 e. The molecule has 0 saturated heterocycles. The zero-order chi connectivity index (χ0) is 16.8. The standard InChI is InChI=1S/C16H19N3O4/c1-10-12(11(2)23-19-10)7-8-18-16(21)13-5-3-4-6-14(13)22-9-15(17)20/h3-6H,7-9H2,1-2H3,(H2,17,20)(H,18,21). The SMILES string of the molecule is Cc1noc(C)c1CCNC(=O)c1ccccc1OCC(N)=O. The first-order valence-corrected chi connectivity index (χ1v) is 7.19. The molecule has 122 valence electrons. The lowest BCUT2D eigenvalue weighted by molar-refractivity contribution is -0.119. The van der Waals surface area contributed by atoms with Gasteiger partial charge < -0.3 is 20.3 Å². The number of nitrogens with two attached hydrogens (primary N) is 1. The highest BCUT2D eigenvalue weighted by Crippen LogP contribution is 2.18. The molecule has 2 amide bonds. The molecule has 0 radical (unpaired) electrons. The van der Waals surface area contributed by atoms with Crippen LogP contribution in [0, 0.1) is 13.8 Å². The van der Waals surface area contributed by atoms with Crippen molar-refractivity contribution in [1.29, 1.82) is 0 Å². The molecule has 0 atom stereocenters. The Morgan fingerprint density at radius 2 is 2.04 bits per heavy atom. The van der Waals surface area contributed by atoms with Crippen molar-refractivity contribution < 1.29 is 18.8 Å². The third-order valence-corrected chi connectivity index (χ3v) is 3.34. The van der Waals surface area contributed by atoms with Crippen molar-refractivity contribution in [3.8, 4) is 5.75 Å². The Morgan fingerprint density at radius 3 is 2.70 bits per heavy atom. The van der Waals surface area contributed by atoms with Gasteiger partial charge in [0.05, 0.1) is 11.3 Å². The lowest BCUT2D eigenvalue weighted by Crippen LogP contribution is -2.27. The molecule has 0 spiro atoms. The number of aryl methyl sites for hydroxylation is 2. The monoisotopic (exact) mass is 317 g/mol. The summed E-state index contributed by atoms with van der Waals surface area (Å²) in [7, 11) is 0. The molecule has 1 heterocycles. The van der Waals surface area contributed by atoms with Crippen molar-refractivity contribution >= 4 is 11.8 Å². The number of hydrogen-bond acceptors (Lipinski definition) is 5. The zero-order valence-corrected chi connectivity index (χ0v) is 13.1. The molecule has 7 heteroatoms. The van der Waals surface area contributed by atoms with Gasteiger partial charge in [-0.05, 0) is 32.4 Å². The van der Waals surface area contributed by atoms with E-state index in [1.54, 1.807) is 24.3 Å². The molecule has 0 aliphatic carbocycles. The van der Waals surface area contributed by atoms with Crippen molar-refractivity contribution in [1.82, 2.24) is 10.5 Å². The summed E-state index contributed by atoms with van der Waals surface area (Å²) in [6, 6.07) is 6.69. The summed E-state index contributed by atoms with van der Waals surface area (Å²) in [5.41, 5.74) is 7.21. The Hall–Kier alpha value is -2.83. The van der Waals surface area contributed by atoms with Crippen LogP contribution in [0.3, 0.4) is 0 Å². The van der Waals surface area contributed by atoms with Crippen molar-refractivity contribution in [3.63, 3.8) is 0 Å². The predicted molar refractivity (Wildman–Crippen MR) is 83.1 cm³/mol. The minimum Gasteiger partial charge on any atom is -0.483 e. The number of ether oxygens (including phenoxy) is 1. The molecule has 0 bridgehead atoms. The van der Waals surface area contributed by atoms with Crippen LogP contribution in [0.4, 0.5) is 0 Å². The fraction of sp³-hybridized carbons (Fsp3) is 0.312. The number of para-hydroxylation sites is 1. The normalized spacial score (nSPS) is 10.3. The largest absolute Gasteiger partial charge is 0.483 e. The molecule has 1 aromatic heterocycles. The van der Waals surface area contributed by atoms with Gasteiger partial charge in [-0.25, -0.2) is 0 Å². The maximum absolute atomic E-state index is 12.3. The fourth-order valence-corrected chi connectivity index (χ4v) is 2.18. The van der Waals surface area contributed by atoms with Gasteiger partial charge in [0.2, 0.25) is 0 Å². The molecule has 3 N–H and O–H groups in total. The van der Waals surface area contributed by atoms with Gasteiger partial charge >= 0.3 is 0 Å². The molecule has 2 rings (SSSR count). The molecule has 0 aliphatic heterocycles. The van der Waals surface area contributed by atoms with E-state index in [2.05, 4.69) is 10.5 Å². The van der Waals surface area contributed by atoms with Gasteiger partial charge in [0.25, 0.3) is 11.8 Å². The van der Waals surface area contributed by atoms with Crippen LogP contribution >= 0.6 is 0 Å². The molecule has 1 aromatic carbocycles. The van der Waals surface area contributed by atoms with Crippen molar-refractivity contribution in [2.75, 3.05) is 13.2 Å². The Kier molecular flexibility index (Phi) is 5.35. The first-order valence-electron chi connectivity index (χ1n) is 7.19. The Labute approximate surface area is 133 Å². The number of hydrogen-bond donors (Lipinski definition) is 2. The zero-order valence-electron chi connectivity index (χ0n) is 13.1. The average Bonchev–Trinajstić information content (AvgIpc) is 2.85. The fourth-order valence-electron chi connectivity index (χ4n) is 2.18. The van der Waals surface area contributed by atoms with Crippen LogP contribution in [0.2, 0.25) is 0 Å². The van der Waals surface area contributed by atoms with E-state index in [0.717, 1.165) is 17.0 Å². The summed E-state index contributed by atoms with van der Waals surface area (Å²) >= 11 is 0. The van der Waals surface area contributed by atoms with E-state index in [1.807, 2.05) is 13.8 Å². The lowest BCUT2D eigenvalue weighted by Gasteiger charge is -2.10. The molecule has 7 nitrogen and oxygen atoms in total. The third kappa shape index (κ3) is 4.32. The average molecular weight is 317 g/mol. The van der Waals surface area contributed by atoms with Crippen LogP contribution in [0.1, 0.15) is 27.4 Å². The van der Waals surface area contributed by atoms with E-state index in [-0.39, 0.29) is 12.5 Å². The van der Waals surface area contributed by atoms with E-state index in [0.29, 0.717) is 24.3 Å². The number of nitrogens with zero attached hydrogens (tertiary/aromatic N) is 1. The first kappa shape index (κ1) is 16.5. The molecular formula is C16H19N3O4. The van der Waals surface area contributed by atoms with Crippen molar-refractivity contribution in [3.05, 3.63) is 46.8 Å². The first-order chi connectivity index (χ1) is 11.0. The van der Waals surface area contributed by atoms with Crippen LogP contribution in [0.5, 0.6) is 5.75 Å². The van der Waals surface area contributed by atoms with E-state index in [4.69, 9.17) is 15.0 Å². The van der Waals surface area contributed by atoms with Gasteiger partial charge in [-0.3, -0.25) is 9.59 Å². The highest BCUT2D eigenvalue weighted by Gasteiger charge is 2.14. The number of benzene rings is 1. The van der Waals surface area contributed by atoms with Crippen LogP contribution in [0.15, 0.2) is 28.8 Å². The van der Waals surface area contributed by atoms with Gasteiger partial charge in [-0.15, -0.1) is 0 Å². The molecule has 0 saturated carbocycles. The molecular weight excluding hydrogens is 298 g/mol. The minimum absolute atomic E-state index is 0.274. The molecule has 23 heavy (non-hydrogen) atoms. The van der Waals surface area contributed by atoms with Crippen molar-refractivity contribution in [2.24, 2.45) is 5.73 Å². The number of amides is 2. The topological polar surface area (TPSA) is 107 Å². The molecule has 0 unspecified atom stereocenters. The number of primary amides is 1. The number of nitrogens with one attached hydrogen (secondary N) is 1. The second-order valence-electron chi connectivity index (χ2n) is 5.06. The number of rotatable bonds is 7. The minimum atomic E-state index is -0.599. The highest BCUT2D eigenvalue weighted by atomic mass is 16.5. The molecule has 0 aliphatic rings. The molecule has 0 fully saturated rings. The second-order valence-corrected chi connectivity index (χ2v) is 5.06. The second kappa shape index (κ2) is 7.44. The quantitative estimate of drug-likeness (QED) is 0.796. The number of carbonyl (C=O) groups excluding carboxylic acids is 2. The lowest BCUT2D eigenvalue weighted by atomic mass is 10.1. The Bertz CT molecular complexity index is 690. The Balaban J connectivity index is 1.97. The van der Waals surface area contributed by atoms with E-state index < -0.39 is 5.91 Å². The van der Waals surface area contributed by atoms with Gasteiger partial charge in [0.15, 0.2) is 6.61 Å².